The van der Waals surface area contributed by atoms with Gasteiger partial charge < -0.3 is 4.74 Å². The van der Waals surface area contributed by atoms with Crippen molar-refractivity contribution in [3.8, 4) is 11.3 Å². The number of aromatic nitrogens is 3. The largest absolute Gasteiger partial charge is 0.443 e. The van der Waals surface area contributed by atoms with E-state index in [-0.39, 0.29) is 6.54 Å². The van der Waals surface area contributed by atoms with Crippen LogP contribution in [-0.4, -0.2) is 43.8 Å². The van der Waals surface area contributed by atoms with Gasteiger partial charge in [-0.25, -0.2) is 9.69 Å². The average Bonchev–Trinajstić information content (AvgIpc) is 2.84. The molecular weight excluding hydrogens is 376 g/mol. The summed E-state index contributed by atoms with van der Waals surface area (Å²) in [6.07, 6.45) is 2.68. The van der Waals surface area contributed by atoms with E-state index in [9.17, 15) is 9.59 Å². The minimum atomic E-state index is -0.658. The fourth-order valence-electron chi connectivity index (χ4n) is 2.42. The van der Waals surface area contributed by atoms with Gasteiger partial charge in [0.1, 0.15) is 17.0 Å². The molecule has 126 valence electrons. The second-order valence-corrected chi connectivity index (χ2v) is 7.20. The Morgan fingerprint density at radius 3 is 2.54 bits per heavy atom. The number of fused-ring (bicyclic) bond motifs is 1. The van der Waals surface area contributed by atoms with Crippen LogP contribution in [-0.2, 0) is 11.3 Å². The molecule has 24 heavy (non-hydrogen) atoms. The maximum Gasteiger partial charge on any atom is 0.417 e. The number of halogens is 1. The van der Waals surface area contributed by atoms with Gasteiger partial charge in [0.15, 0.2) is 0 Å². The first kappa shape index (κ1) is 16.6. The molecule has 0 radical (unpaired) electrons. The standard InChI is InChI=1S/C16H17BrN4O3/c1-16(2,3)24-15(23)20-8-9-21-13(14(20)22)11(17)12(19-21)10-4-6-18-7-5-10/h4-7H,8-9H2,1-3H3. The molecule has 0 atom stereocenters. The number of imide groups is 1. The van der Waals surface area contributed by atoms with Crippen LogP contribution in [0.25, 0.3) is 11.3 Å². The second kappa shape index (κ2) is 6.01. The maximum atomic E-state index is 12.7. The zero-order valence-corrected chi connectivity index (χ0v) is 15.2. The highest BCUT2D eigenvalue weighted by molar-refractivity contribution is 9.10. The zero-order valence-electron chi connectivity index (χ0n) is 13.6. The van der Waals surface area contributed by atoms with Crippen LogP contribution in [0.1, 0.15) is 31.3 Å². The van der Waals surface area contributed by atoms with E-state index in [1.165, 1.54) is 0 Å². The van der Waals surface area contributed by atoms with E-state index in [1.54, 1.807) is 37.8 Å². The van der Waals surface area contributed by atoms with Gasteiger partial charge in [0.2, 0.25) is 0 Å². The number of pyridine rings is 1. The van der Waals surface area contributed by atoms with Crippen LogP contribution < -0.4 is 0 Å². The lowest BCUT2D eigenvalue weighted by Gasteiger charge is -2.28. The molecule has 0 fully saturated rings. The Labute approximate surface area is 147 Å². The van der Waals surface area contributed by atoms with Gasteiger partial charge in [-0.2, -0.15) is 5.10 Å². The van der Waals surface area contributed by atoms with Crippen molar-refractivity contribution in [1.82, 2.24) is 19.7 Å². The summed E-state index contributed by atoms with van der Waals surface area (Å²) in [5, 5.41) is 4.48. The Kier molecular flexibility index (Phi) is 4.16. The van der Waals surface area contributed by atoms with Crippen molar-refractivity contribution >= 4 is 27.9 Å². The summed E-state index contributed by atoms with van der Waals surface area (Å²) < 4.78 is 7.48. The quantitative estimate of drug-likeness (QED) is 0.744. The van der Waals surface area contributed by atoms with Crippen LogP contribution >= 0.6 is 15.9 Å². The number of carbonyl (C=O) groups is 2. The summed E-state index contributed by atoms with van der Waals surface area (Å²) in [5.74, 6) is -0.421. The molecule has 1 aliphatic rings. The summed E-state index contributed by atoms with van der Waals surface area (Å²) >= 11 is 3.45. The number of amides is 2. The van der Waals surface area contributed by atoms with E-state index in [0.717, 1.165) is 10.5 Å². The number of carbonyl (C=O) groups excluding carboxylic acids is 2. The molecule has 0 saturated carbocycles. The normalized spacial score (nSPS) is 14.5. The molecule has 3 heterocycles. The molecule has 0 aromatic carbocycles. The number of rotatable bonds is 1. The maximum absolute atomic E-state index is 12.7. The first-order valence-corrected chi connectivity index (χ1v) is 8.29. The van der Waals surface area contributed by atoms with Gasteiger partial charge in [0.25, 0.3) is 5.91 Å². The molecule has 8 heteroatoms. The first-order chi connectivity index (χ1) is 11.3. The van der Waals surface area contributed by atoms with Gasteiger partial charge in [-0.05, 0) is 48.8 Å². The van der Waals surface area contributed by atoms with Gasteiger partial charge in [-0.1, -0.05) is 0 Å². The molecule has 0 spiro atoms. The number of hydrogen-bond donors (Lipinski definition) is 0. The predicted molar refractivity (Wildman–Crippen MR) is 90.4 cm³/mol. The molecule has 0 saturated heterocycles. The Hall–Kier alpha value is -2.22. The van der Waals surface area contributed by atoms with E-state index in [4.69, 9.17) is 4.74 Å². The van der Waals surface area contributed by atoms with Crippen molar-refractivity contribution in [2.75, 3.05) is 6.54 Å². The molecule has 2 aromatic rings. The molecule has 0 aliphatic carbocycles. The van der Waals surface area contributed by atoms with E-state index in [2.05, 4.69) is 26.0 Å². The number of nitrogens with zero attached hydrogens (tertiary/aromatic N) is 4. The van der Waals surface area contributed by atoms with Crippen LogP contribution in [0.2, 0.25) is 0 Å². The molecule has 3 rings (SSSR count). The summed E-state index contributed by atoms with van der Waals surface area (Å²) in [7, 11) is 0. The van der Waals surface area contributed by atoms with Gasteiger partial charge >= 0.3 is 6.09 Å². The highest BCUT2D eigenvalue weighted by Gasteiger charge is 2.36. The van der Waals surface area contributed by atoms with E-state index >= 15 is 0 Å². The van der Waals surface area contributed by atoms with Gasteiger partial charge in [-0.3, -0.25) is 14.5 Å². The molecule has 0 unspecified atom stereocenters. The Bertz CT molecular complexity index is 796. The molecule has 0 bridgehead atoms. The first-order valence-electron chi connectivity index (χ1n) is 7.49. The highest BCUT2D eigenvalue weighted by atomic mass is 79.9. The van der Waals surface area contributed by atoms with Crippen LogP contribution in [0, 0.1) is 0 Å². The van der Waals surface area contributed by atoms with Crippen LogP contribution in [0.5, 0.6) is 0 Å². The third kappa shape index (κ3) is 3.06. The van der Waals surface area contributed by atoms with Crippen LogP contribution in [0.4, 0.5) is 4.79 Å². The Morgan fingerprint density at radius 2 is 1.92 bits per heavy atom. The second-order valence-electron chi connectivity index (χ2n) is 6.41. The zero-order chi connectivity index (χ0) is 17.5. The summed E-state index contributed by atoms with van der Waals surface area (Å²) in [4.78, 5) is 30.1. The van der Waals surface area contributed by atoms with Crippen LogP contribution in [0.15, 0.2) is 29.0 Å². The van der Waals surface area contributed by atoms with E-state index < -0.39 is 17.6 Å². The highest BCUT2D eigenvalue weighted by Crippen LogP contribution is 2.32. The lowest BCUT2D eigenvalue weighted by Crippen LogP contribution is -2.46. The number of hydrogen-bond acceptors (Lipinski definition) is 5. The molecule has 0 N–H and O–H groups in total. The van der Waals surface area contributed by atoms with Gasteiger partial charge in [0, 0.05) is 18.0 Å². The Balaban J connectivity index is 1.94. The minimum Gasteiger partial charge on any atom is -0.443 e. The molecule has 2 aromatic heterocycles. The van der Waals surface area contributed by atoms with Crippen molar-refractivity contribution in [1.29, 1.82) is 0 Å². The van der Waals surface area contributed by atoms with Crippen molar-refractivity contribution in [2.45, 2.75) is 32.9 Å². The third-order valence-electron chi connectivity index (χ3n) is 3.45. The van der Waals surface area contributed by atoms with Crippen molar-refractivity contribution in [2.24, 2.45) is 0 Å². The summed E-state index contributed by atoms with van der Waals surface area (Å²) in [6.45, 7) is 5.94. The lowest BCUT2D eigenvalue weighted by molar-refractivity contribution is 0.0209. The fourth-order valence-corrected chi connectivity index (χ4v) is 3.10. The summed E-state index contributed by atoms with van der Waals surface area (Å²) in [5.41, 5.74) is 1.18. The van der Waals surface area contributed by atoms with Crippen molar-refractivity contribution < 1.29 is 14.3 Å². The van der Waals surface area contributed by atoms with E-state index in [0.29, 0.717) is 22.4 Å². The SMILES string of the molecule is CC(C)(C)OC(=O)N1CCn2nc(-c3ccncc3)c(Br)c2C1=O. The summed E-state index contributed by atoms with van der Waals surface area (Å²) in [6, 6.07) is 3.63. The van der Waals surface area contributed by atoms with Gasteiger partial charge in [0.05, 0.1) is 17.6 Å². The topological polar surface area (TPSA) is 77.3 Å². The van der Waals surface area contributed by atoms with Gasteiger partial charge in [-0.15, -0.1) is 0 Å². The monoisotopic (exact) mass is 392 g/mol. The molecule has 2 amide bonds. The molecule has 7 nitrogen and oxygen atoms in total. The fraction of sp³-hybridized carbons (Fsp3) is 0.375. The smallest absolute Gasteiger partial charge is 0.417 e. The Morgan fingerprint density at radius 1 is 1.25 bits per heavy atom. The average molecular weight is 393 g/mol. The van der Waals surface area contributed by atoms with Crippen molar-refractivity contribution in [3.63, 3.8) is 0 Å². The van der Waals surface area contributed by atoms with Crippen molar-refractivity contribution in [3.05, 3.63) is 34.7 Å². The molecular formula is C16H17BrN4O3. The van der Waals surface area contributed by atoms with Crippen LogP contribution in [0.3, 0.4) is 0 Å². The third-order valence-corrected chi connectivity index (χ3v) is 4.20. The van der Waals surface area contributed by atoms with E-state index in [1.807, 2.05) is 12.1 Å². The molecule has 1 aliphatic heterocycles. The predicted octanol–water partition coefficient (Wildman–Crippen LogP) is 3.10. The minimum absolute atomic E-state index is 0.227. The lowest BCUT2D eigenvalue weighted by atomic mass is 10.2. The number of ether oxygens (including phenoxy) is 1.